The van der Waals surface area contributed by atoms with E-state index >= 15 is 0 Å². The molecule has 0 aliphatic carbocycles. The Hall–Kier alpha value is -2.94. The zero-order valence-electron chi connectivity index (χ0n) is 16.6. The summed E-state index contributed by atoms with van der Waals surface area (Å²) in [5.41, 5.74) is 12.9. The Labute approximate surface area is 159 Å². The molecule has 4 aromatic rings. The van der Waals surface area contributed by atoms with E-state index in [1.807, 2.05) is 0 Å². The summed E-state index contributed by atoms with van der Waals surface area (Å²) >= 11 is 0. The van der Waals surface area contributed by atoms with Gasteiger partial charge in [-0.25, -0.2) is 9.55 Å². The molecule has 0 unspecified atom stereocenters. The molecule has 0 saturated carbocycles. The summed E-state index contributed by atoms with van der Waals surface area (Å²) in [6.07, 6.45) is 3.12. The molecule has 2 aromatic heterocycles. The zero-order valence-corrected chi connectivity index (χ0v) is 16.6. The first-order chi connectivity index (χ1) is 13.0. The monoisotopic (exact) mass is 354 g/mol. The van der Waals surface area contributed by atoms with Crippen LogP contribution in [0.5, 0.6) is 0 Å². The molecule has 5 rings (SSSR count). The molecule has 0 saturated heterocycles. The van der Waals surface area contributed by atoms with E-state index < -0.39 is 0 Å². The number of nitrogens with zero attached hydrogens (tertiary/aromatic N) is 3. The van der Waals surface area contributed by atoms with Crippen LogP contribution in [0.3, 0.4) is 0 Å². The minimum atomic E-state index is 0.884. The molecule has 0 bridgehead atoms. The molecule has 0 atom stereocenters. The number of pyridine rings is 1. The van der Waals surface area contributed by atoms with Crippen LogP contribution in [0.15, 0.2) is 42.6 Å². The average molecular weight is 354 g/mol. The van der Waals surface area contributed by atoms with Crippen molar-refractivity contribution in [3.05, 3.63) is 76.2 Å². The van der Waals surface area contributed by atoms with Gasteiger partial charge < -0.3 is 0 Å². The van der Waals surface area contributed by atoms with E-state index in [0.29, 0.717) is 0 Å². The third-order valence-electron chi connectivity index (χ3n) is 5.98. The second-order valence-corrected chi connectivity index (χ2v) is 7.88. The summed E-state index contributed by atoms with van der Waals surface area (Å²) in [5.74, 6) is 1.15. The predicted molar refractivity (Wildman–Crippen MR) is 109 cm³/mol. The number of fused-ring (bicyclic) bond motifs is 5. The number of aromatic nitrogens is 3. The Balaban J connectivity index is 1.85. The standard InChI is InChI=1S/C24H24N3/c1-14-11-21(26(5)13-17(14)4)23-15(2)10-16(3)24-18(23)12-22-25-19-8-6-7-9-20(19)27(22)24/h6-11,13H,12H2,1-5H3/q+1. The molecule has 2 aromatic carbocycles. The molecule has 3 heterocycles. The van der Waals surface area contributed by atoms with Crippen LogP contribution >= 0.6 is 0 Å². The lowest BCUT2D eigenvalue weighted by atomic mass is 9.92. The van der Waals surface area contributed by atoms with Crippen molar-refractivity contribution in [2.75, 3.05) is 0 Å². The SMILES string of the molecule is Cc1cc(-c2c(C)cc(C)c3c2Cc2nc4ccccc4n2-3)[n+](C)cc1C. The Morgan fingerprint density at radius 3 is 2.52 bits per heavy atom. The molecule has 0 amide bonds. The minimum Gasteiger partial charge on any atom is -0.295 e. The van der Waals surface area contributed by atoms with Gasteiger partial charge in [-0.1, -0.05) is 18.2 Å². The molecule has 134 valence electrons. The van der Waals surface area contributed by atoms with Gasteiger partial charge in [0, 0.05) is 18.1 Å². The fourth-order valence-corrected chi connectivity index (χ4v) is 4.63. The van der Waals surface area contributed by atoms with Crippen molar-refractivity contribution in [2.45, 2.75) is 34.1 Å². The number of imidazole rings is 1. The molecule has 3 heteroatoms. The molecule has 0 spiro atoms. The number of hydrogen-bond acceptors (Lipinski definition) is 1. The second-order valence-electron chi connectivity index (χ2n) is 7.88. The largest absolute Gasteiger partial charge is 0.295 e. The first-order valence-electron chi connectivity index (χ1n) is 9.52. The third kappa shape index (κ3) is 2.21. The quantitative estimate of drug-likeness (QED) is 0.401. The normalized spacial score (nSPS) is 12.5. The maximum absolute atomic E-state index is 4.92. The number of para-hydroxylation sites is 2. The van der Waals surface area contributed by atoms with E-state index in [1.54, 1.807) is 0 Å². The van der Waals surface area contributed by atoms with Crippen LogP contribution in [0.2, 0.25) is 0 Å². The summed E-state index contributed by atoms with van der Waals surface area (Å²) in [4.78, 5) is 4.92. The van der Waals surface area contributed by atoms with Gasteiger partial charge in [-0.2, -0.15) is 0 Å². The summed E-state index contributed by atoms with van der Waals surface area (Å²) in [7, 11) is 2.15. The van der Waals surface area contributed by atoms with E-state index in [2.05, 4.69) is 86.5 Å². The highest BCUT2D eigenvalue weighted by atomic mass is 15.1. The maximum atomic E-state index is 4.92. The summed E-state index contributed by atoms with van der Waals surface area (Å²) in [6.45, 7) is 8.82. The lowest BCUT2D eigenvalue weighted by Crippen LogP contribution is -2.32. The van der Waals surface area contributed by atoms with Gasteiger partial charge in [0.05, 0.1) is 22.3 Å². The van der Waals surface area contributed by atoms with Crippen LogP contribution in [0, 0.1) is 27.7 Å². The Morgan fingerprint density at radius 1 is 0.926 bits per heavy atom. The Bertz CT molecular complexity index is 1240. The number of aryl methyl sites for hydroxylation is 5. The van der Waals surface area contributed by atoms with E-state index in [4.69, 9.17) is 4.98 Å². The lowest BCUT2D eigenvalue weighted by Gasteiger charge is -2.15. The van der Waals surface area contributed by atoms with Gasteiger partial charge in [0.15, 0.2) is 6.20 Å². The van der Waals surface area contributed by atoms with Crippen molar-refractivity contribution in [3.8, 4) is 16.9 Å². The molecule has 1 aliphatic rings. The van der Waals surface area contributed by atoms with Gasteiger partial charge in [0.25, 0.3) is 0 Å². The highest BCUT2D eigenvalue weighted by molar-refractivity contribution is 5.84. The van der Waals surface area contributed by atoms with Crippen LogP contribution in [0.4, 0.5) is 0 Å². The van der Waals surface area contributed by atoms with Gasteiger partial charge >= 0.3 is 0 Å². The second kappa shape index (κ2) is 5.53. The van der Waals surface area contributed by atoms with Crippen LogP contribution in [-0.4, -0.2) is 9.55 Å². The highest BCUT2D eigenvalue weighted by Gasteiger charge is 2.30. The number of hydrogen-bond donors (Lipinski definition) is 0. The molecule has 1 aliphatic heterocycles. The molecule has 0 radical (unpaired) electrons. The summed E-state index contributed by atoms with van der Waals surface area (Å²) < 4.78 is 4.63. The fourth-order valence-electron chi connectivity index (χ4n) is 4.63. The Kier molecular flexibility index (Phi) is 3.33. The van der Waals surface area contributed by atoms with Crippen molar-refractivity contribution < 1.29 is 4.57 Å². The Morgan fingerprint density at radius 2 is 1.70 bits per heavy atom. The summed E-state index contributed by atoms with van der Waals surface area (Å²) in [6, 6.07) is 13.1. The zero-order chi connectivity index (χ0) is 18.9. The fraction of sp³-hybridized carbons (Fsp3) is 0.250. The summed E-state index contributed by atoms with van der Waals surface area (Å²) in [5, 5.41) is 0. The van der Waals surface area contributed by atoms with E-state index in [1.165, 1.54) is 50.3 Å². The first-order valence-corrected chi connectivity index (χ1v) is 9.52. The molecular formula is C24H24N3+. The molecule has 3 nitrogen and oxygen atoms in total. The van der Waals surface area contributed by atoms with E-state index in [-0.39, 0.29) is 0 Å². The van der Waals surface area contributed by atoms with Crippen molar-refractivity contribution >= 4 is 11.0 Å². The van der Waals surface area contributed by atoms with Crippen molar-refractivity contribution in [1.29, 1.82) is 0 Å². The maximum Gasteiger partial charge on any atom is 0.213 e. The van der Waals surface area contributed by atoms with Crippen molar-refractivity contribution in [1.82, 2.24) is 9.55 Å². The van der Waals surface area contributed by atoms with Crippen LogP contribution in [0.1, 0.15) is 33.6 Å². The van der Waals surface area contributed by atoms with Crippen molar-refractivity contribution in [2.24, 2.45) is 7.05 Å². The third-order valence-corrected chi connectivity index (χ3v) is 5.98. The first kappa shape index (κ1) is 16.2. The van der Waals surface area contributed by atoms with Crippen molar-refractivity contribution in [3.63, 3.8) is 0 Å². The van der Waals surface area contributed by atoms with Gasteiger partial charge in [0.1, 0.15) is 12.9 Å². The van der Waals surface area contributed by atoms with Gasteiger partial charge in [-0.3, -0.25) is 4.57 Å². The van der Waals surface area contributed by atoms with Gasteiger partial charge in [-0.15, -0.1) is 0 Å². The van der Waals surface area contributed by atoms with Crippen LogP contribution in [-0.2, 0) is 13.5 Å². The van der Waals surface area contributed by atoms with E-state index in [0.717, 1.165) is 17.8 Å². The topological polar surface area (TPSA) is 21.7 Å². The number of rotatable bonds is 1. The molecule has 27 heavy (non-hydrogen) atoms. The lowest BCUT2D eigenvalue weighted by molar-refractivity contribution is -0.660. The molecule has 0 N–H and O–H groups in total. The molecular weight excluding hydrogens is 330 g/mol. The average Bonchev–Trinajstić information content (AvgIpc) is 3.15. The van der Waals surface area contributed by atoms with Gasteiger partial charge in [0.2, 0.25) is 5.69 Å². The minimum absolute atomic E-state index is 0.884. The predicted octanol–water partition coefficient (Wildman–Crippen LogP) is 4.65. The van der Waals surface area contributed by atoms with Crippen LogP contribution in [0.25, 0.3) is 28.0 Å². The smallest absolute Gasteiger partial charge is 0.213 e. The number of benzene rings is 2. The molecule has 0 fully saturated rings. The van der Waals surface area contributed by atoms with Gasteiger partial charge in [-0.05, 0) is 62.1 Å². The van der Waals surface area contributed by atoms with E-state index in [9.17, 15) is 0 Å². The van der Waals surface area contributed by atoms with Crippen LogP contribution < -0.4 is 4.57 Å². The highest BCUT2D eigenvalue weighted by Crippen LogP contribution is 2.40.